The van der Waals surface area contributed by atoms with Gasteiger partial charge in [-0.1, -0.05) is 60.1 Å². The molecule has 11 heteroatoms. The minimum atomic E-state index is -0.631. The quantitative estimate of drug-likeness (QED) is 0.543. The Morgan fingerprint density at radius 3 is 2.44 bits per heavy atom. The molecule has 2 amide bonds. The summed E-state index contributed by atoms with van der Waals surface area (Å²) in [5.74, 6) is 0.166. The number of nitriles is 1. The summed E-state index contributed by atoms with van der Waals surface area (Å²) in [6.07, 6.45) is 0. The first-order valence-corrected chi connectivity index (χ1v) is 10.6. The Balaban J connectivity index is 1.65. The lowest BCUT2D eigenvalue weighted by molar-refractivity contribution is 0.248. The molecule has 0 spiro atoms. The molecular formula is C23H16Cl2N6O3. The van der Waals surface area contributed by atoms with E-state index in [1.54, 1.807) is 0 Å². The van der Waals surface area contributed by atoms with Gasteiger partial charge in [0.15, 0.2) is 11.5 Å². The molecule has 1 atom stereocenters. The zero-order valence-electron chi connectivity index (χ0n) is 17.7. The molecule has 1 N–H and O–H groups in total. The summed E-state index contributed by atoms with van der Waals surface area (Å²) < 4.78 is 7.09. The number of allylic oxidation sites excluding steroid dienone is 1. The van der Waals surface area contributed by atoms with Crippen molar-refractivity contribution in [1.29, 1.82) is 5.26 Å². The van der Waals surface area contributed by atoms with E-state index in [-0.39, 0.29) is 50.4 Å². The van der Waals surface area contributed by atoms with Gasteiger partial charge in [0, 0.05) is 12.1 Å². The number of hydrazone groups is 1. The van der Waals surface area contributed by atoms with Gasteiger partial charge in [-0.25, -0.2) is 9.48 Å². The predicted octanol–water partition coefficient (Wildman–Crippen LogP) is 4.87. The van der Waals surface area contributed by atoms with Gasteiger partial charge in [0.25, 0.3) is 5.56 Å². The van der Waals surface area contributed by atoms with Crippen LogP contribution >= 0.6 is 23.2 Å². The molecule has 170 valence electrons. The van der Waals surface area contributed by atoms with Crippen LogP contribution in [0, 0.1) is 11.3 Å². The molecule has 0 radical (unpaired) electrons. The second-order valence-corrected chi connectivity index (χ2v) is 7.98. The number of hydrogen-bond acceptors (Lipinski definition) is 6. The van der Waals surface area contributed by atoms with Gasteiger partial charge in [-0.3, -0.25) is 4.79 Å². The average molecular weight is 495 g/mol. The summed E-state index contributed by atoms with van der Waals surface area (Å²) in [6.45, 7) is 5.41. The van der Waals surface area contributed by atoms with E-state index in [2.05, 4.69) is 22.1 Å². The van der Waals surface area contributed by atoms with Crippen LogP contribution in [0.2, 0.25) is 10.0 Å². The zero-order valence-corrected chi connectivity index (χ0v) is 19.2. The molecule has 2 aromatic carbocycles. The molecule has 0 saturated heterocycles. The third kappa shape index (κ3) is 4.50. The molecular weight excluding hydrogens is 479 g/mol. The van der Waals surface area contributed by atoms with Gasteiger partial charge >= 0.3 is 6.03 Å². The van der Waals surface area contributed by atoms with Crippen molar-refractivity contribution in [1.82, 2.24) is 15.1 Å². The minimum Gasteiger partial charge on any atom is -0.434 e. The largest absolute Gasteiger partial charge is 0.434 e. The molecule has 0 aliphatic carbocycles. The van der Waals surface area contributed by atoms with Gasteiger partial charge in [0.1, 0.15) is 6.07 Å². The number of ether oxygens (including phenoxy) is 1. The van der Waals surface area contributed by atoms with Crippen molar-refractivity contribution in [3.8, 4) is 17.7 Å². The Hall–Kier alpha value is -4.13. The number of nitrogens with one attached hydrogen (secondary N) is 1. The number of nitrogens with zero attached hydrogens (tertiary/aromatic N) is 5. The molecule has 1 aliphatic heterocycles. The molecule has 0 saturated carbocycles. The number of aromatic nitrogens is 2. The van der Waals surface area contributed by atoms with Gasteiger partial charge < -0.3 is 10.1 Å². The van der Waals surface area contributed by atoms with Crippen molar-refractivity contribution >= 4 is 40.6 Å². The number of benzene rings is 2. The summed E-state index contributed by atoms with van der Waals surface area (Å²) in [5, 5.41) is 20.9. The van der Waals surface area contributed by atoms with E-state index in [1.165, 1.54) is 28.9 Å². The highest BCUT2D eigenvalue weighted by molar-refractivity contribution is 6.37. The number of carbonyl (C=O) groups is 1. The maximum absolute atomic E-state index is 12.4. The fourth-order valence-electron chi connectivity index (χ4n) is 3.20. The summed E-state index contributed by atoms with van der Waals surface area (Å²) in [4.78, 5) is 24.7. The van der Waals surface area contributed by atoms with Crippen LogP contribution < -0.4 is 20.6 Å². The molecule has 0 fully saturated rings. The summed E-state index contributed by atoms with van der Waals surface area (Å²) in [5.41, 5.74) is 0.822. The van der Waals surface area contributed by atoms with Crippen LogP contribution in [-0.4, -0.2) is 21.5 Å². The van der Waals surface area contributed by atoms with Crippen molar-refractivity contribution in [3.05, 3.63) is 92.8 Å². The number of carbonyl (C=O) groups excluding carboxylic acids is 1. The molecule has 4 rings (SSSR count). The number of amides is 2. The lowest BCUT2D eigenvalue weighted by Gasteiger charge is -2.24. The molecule has 9 nitrogen and oxygen atoms in total. The van der Waals surface area contributed by atoms with Crippen LogP contribution in [0.25, 0.3) is 0 Å². The summed E-state index contributed by atoms with van der Waals surface area (Å²) in [7, 11) is 0. The standard InChI is InChI=1S/C23H16Cl2N6O3/c1-13-19(12-26)28-31(23(33)27-13)16-10-17(24)22(18(25)11-16)34-20-8-9-21(32)30(29-20)14(2)15-6-4-3-5-7-15/h3-11,14H,1H2,2H3,(H,27,33)/t14-/m1/s1. The zero-order chi connectivity index (χ0) is 24.4. The van der Waals surface area contributed by atoms with Gasteiger partial charge in [-0.2, -0.15) is 15.4 Å². The molecule has 1 aromatic heterocycles. The first-order valence-electron chi connectivity index (χ1n) is 9.89. The Kier molecular flexibility index (Phi) is 6.36. The van der Waals surface area contributed by atoms with Crippen LogP contribution in [0.3, 0.4) is 0 Å². The van der Waals surface area contributed by atoms with Gasteiger partial charge in [0.2, 0.25) is 5.88 Å². The highest BCUT2D eigenvalue weighted by Crippen LogP contribution is 2.39. The van der Waals surface area contributed by atoms with E-state index < -0.39 is 6.03 Å². The van der Waals surface area contributed by atoms with Crippen LogP contribution in [0.4, 0.5) is 10.5 Å². The highest BCUT2D eigenvalue weighted by atomic mass is 35.5. The fourth-order valence-corrected chi connectivity index (χ4v) is 3.75. The summed E-state index contributed by atoms with van der Waals surface area (Å²) in [6, 6.07) is 15.8. The van der Waals surface area contributed by atoms with Gasteiger partial charge in [0.05, 0.1) is 27.5 Å². The van der Waals surface area contributed by atoms with E-state index in [9.17, 15) is 9.59 Å². The maximum Gasteiger partial charge on any atom is 0.347 e. The molecule has 0 unspecified atom stereocenters. The second-order valence-electron chi connectivity index (χ2n) is 7.16. The topological polar surface area (TPSA) is 113 Å². The third-order valence-corrected chi connectivity index (χ3v) is 5.49. The predicted molar refractivity (Wildman–Crippen MR) is 128 cm³/mol. The molecule has 2 heterocycles. The van der Waals surface area contributed by atoms with Crippen LogP contribution in [0.1, 0.15) is 18.5 Å². The Morgan fingerprint density at radius 1 is 1.12 bits per heavy atom. The van der Waals surface area contributed by atoms with Crippen molar-refractivity contribution in [2.45, 2.75) is 13.0 Å². The number of urea groups is 1. The van der Waals surface area contributed by atoms with E-state index in [1.807, 2.05) is 43.3 Å². The fraction of sp³-hybridized carbons (Fsp3) is 0.0870. The molecule has 0 bridgehead atoms. The Bertz CT molecular complexity index is 1410. The molecule has 1 aliphatic rings. The number of halogens is 2. The first-order chi connectivity index (χ1) is 16.3. The first kappa shape index (κ1) is 23.0. The van der Waals surface area contributed by atoms with Crippen molar-refractivity contribution in [2.75, 3.05) is 5.01 Å². The number of hydrogen-bond donors (Lipinski definition) is 1. The van der Waals surface area contributed by atoms with Crippen molar-refractivity contribution < 1.29 is 9.53 Å². The highest BCUT2D eigenvalue weighted by Gasteiger charge is 2.26. The normalized spacial score (nSPS) is 14.2. The van der Waals surface area contributed by atoms with Gasteiger partial charge in [-0.05, 0) is 24.6 Å². The smallest absolute Gasteiger partial charge is 0.347 e. The Morgan fingerprint density at radius 2 is 1.79 bits per heavy atom. The van der Waals surface area contributed by atoms with E-state index >= 15 is 0 Å². The minimum absolute atomic E-state index is 0.0593. The third-order valence-electron chi connectivity index (χ3n) is 4.93. The average Bonchev–Trinajstić information content (AvgIpc) is 2.82. The van der Waals surface area contributed by atoms with Crippen LogP contribution in [0.15, 0.2) is 76.8 Å². The summed E-state index contributed by atoms with van der Waals surface area (Å²) >= 11 is 12.8. The second kappa shape index (κ2) is 9.39. The lowest BCUT2D eigenvalue weighted by atomic mass is 10.1. The van der Waals surface area contributed by atoms with E-state index in [0.717, 1.165) is 10.6 Å². The number of rotatable bonds is 5. The Labute approximate surface area is 204 Å². The van der Waals surface area contributed by atoms with E-state index in [4.69, 9.17) is 33.2 Å². The van der Waals surface area contributed by atoms with Gasteiger partial charge in [-0.15, -0.1) is 5.10 Å². The van der Waals surface area contributed by atoms with Crippen molar-refractivity contribution in [2.24, 2.45) is 5.10 Å². The van der Waals surface area contributed by atoms with Crippen molar-refractivity contribution in [3.63, 3.8) is 0 Å². The maximum atomic E-state index is 12.4. The van der Waals surface area contributed by atoms with Crippen LogP contribution in [0.5, 0.6) is 11.6 Å². The SMILES string of the molecule is C=C1NC(=O)N(c2cc(Cl)c(Oc3ccc(=O)n([C@H](C)c4ccccc4)n3)c(Cl)c2)N=C1C#N. The number of anilines is 1. The molecule has 34 heavy (non-hydrogen) atoms. The molecule has 3 aromatic rings. The van der Waals surface area contributed by atoms with E-state index in [0.29, 0.717) is 0 Å². The monoisotopic (exact) mass is 494 g/mol. The van der Waals surface area contributed by atoms with Crippen LogP contribution in [-0.2, 0) is 0 Å². The lowest BCUT2D eigenvalue weighted by Crippen LogP contribution is -2.42.